The van der Waals surface area contributed by atoms with E-state index >= 15 is 4.79 Å². The van der Waals surface area contributed by atoms with Crippen molar-refractivity contribution in [3.05, 3.63) is 29.8 Å². The first-order valence-corrected chi connectivity index (χ1v) is 52.2. The fraction of sp³-hybridized carbons (Fsp3) is 0.719. The summed E-state index contributed by atoms with van der Waals surface area (Å²) in [5.74, 6) is -19.0. The summed E-state index contributed by atoms with van der Waals surface area (Å²) < 4.78 is 0. The Hall–Kier alpha value is -12.2. The number of nitrogens with two attached hydrogens (primary N) is 7. The second kappa shape index (κ2) is 69.8. The lowest BCUT2D eigenvalue weighted by atomic mass is 9.97. The molecule has 36 N–H and O–H groups in total. The lowest BCUT2D eigenvalue weighted by molar-refractivity contribution is -0.143. The number of aromatic hydroxyl groups is 1. The zero-order chi connectivity index (χ0) is 111. The van der Waals surface area contributed by atoms with E-state index in [9.17, 15) is 106 Å². The van der Waals surface area contributed by atoms with Gasteiger partial charge >= 0.3 is 0 Å². The molecule has 0 bridgehead atoms. The quantitative estimate of drug-likeness (QED) is 0.0164. The molecule has 0 aromatic heterocycles. The molecular weight excluding hydrogens is 1930 g/mol. The Morgan fingerprint density at radius 3 is 1.17 bits per heavy atom. The van der Waals surface area contributed by atoms with Gasteiger partial charge in [-0.1, -0.05) is 73.9 Å². The molecule has 1 heterocycles. The normalized spacial score (nSPS) is 16.2. The summed E-state index contributed by atoms with van der Waals surface area (Å²) in [6.07, 6.45) is 2.84. The van der Waals surface area contributed by atoms with Crippen molar-refractivity contribution in [2.24, 2.45) is 63.8 Å². The number of carbonyl (C=O) groups excluding carboxylic acids is 20. The Bertz CT molecular complexity index is 4440. The van der Waals surface area contributed by atoms with E-state index in [0.717, 1.165) is 6.92 Å². The molecule has 20 amide bonds. The number of nitrogens with zero attached hydrogens (tertiary/aromatic N) is 1. The molecule has 1 aliphatic rings. The molecule has 1 aromatic carbocycles. The van der Waals surface area contributed by atoms with Gasteiger partial charge in [0.1, 0.15) is 115 Å². The van der Waals surface area contributed by atoms with Crippen LogP contribution in [0.15, 0.2) is 24.3 Å². The monoisotopic (exact) mass is 2100 g/mol. The molecule has 2 rings (SSSR count). The van der Waals surface area contributed by atoms with Crippen LogP contribution in [0.3, 0.4) is 0 Å². The fourth-order valence-electron chi connectivity index (χ4n) is 15.8. The van der Waals surface area contributed by atoms with Gasteiger partial charge in [0, 0.05) is 32.9 Å². The number of thioether (sulfide) groups is 1. The van der Waals surface area contributed by atoms with Crippen LogP contribution in [0.4, 0.5) is 0 Å². The third-order valence-electron chi connectivity index (χ3n) is 24.4. The maximum absolute atomic E-state index is 15.0. The Kier molecular flexibility index (Phi) is 62.2. The van der Waals surface area contributed by atoms with Gasteiger partial charge in [-0.3, -0.25) is 101 Å². The van der Waals surface area contributed by atoms with Crippen LogP contribution in [-0.4, -0.2) is 317 Å². The molecule has 0 spiro atoms. The van der Waals surface area contributed by atoms with Gasteiger partial charge in [0.2, 0.25) is 118 Å². The standard InChI is InChI=1S/C96H169N27O23S/c1-15-54(8)76(121-91(142)73(50-124)120-86(137)65(29-19-23-42-100)116-92(143)74-31-25-44-123(74)95(146)72(48-53(6)7)119-85(136)64(28-18-22-41-99)111-87(138)68(38-45-147-14)115-84(135)66(30-24-43-105-96(103)104)113-88(139)69(46-51(2)3)109-59(13)126)93(144)107-56(10)80(131)117-71(49-60-32-34-61(127)35-33-60)90(141)118-70(47-52(4)5)89(140)112-63(27-17-21-40-98)83(134)114-67(36-37-75(101)128)82(133)106-57(11)81(132)122-77(58(12)125)94(145)108-55(9)79(130)110-62(78(102)129)26-16-20-39-97/h32-35,51-58,62-74,76-77,124-125,127H,15-31,36-50,97-100H2,1-14H3,(H2,101,128)(H2,102,129)(H,106,133)(H,107,144)(H,108,145)(H,109,126)(H,110,130)(H,111,138)(H,112,140)(H,113,139)(H,114,134)(H,115,135)(H,116,143)(H,117,131)(H,118,141)(H,119,136)(H,120,137)(H,121,142)(H,122,132)(H4,103,104,105)/t54-,55-,56-,57-,58+,62-,63-,64-,65-,66-,67-,68-,69-,70-,71-,72-,73-,74-,76-,77-/m0/s1. The number of benzene rings is 1. The van der Waals surface area contributed by atoms with Crippen molar-refractivity contribution in [1.82, 2.24) is 101 Å². The van der Waals surface area contributed by atoms with E-state index in [-0.39, 0.29) is 158 Å². The Morgan fingerprint density at radius 1 is 0.408 bits per heavy atom. The minimum absolute atomic E-state index is 0.00698. The van der Waals surface area contributed by atoms with E-state index in [1.54, 1.807) is 47.8 Å². The van der Waals surface area contributed by atoms with Gasteiger partial charge in [-0.05, 0) is 242 Å². The molecule has 0 unspecified atom stereocenters. The van der Waals surface area contributed by atoms with E-state index < -0.39 is 258 Å². The Balaban J connectivity index is 2.50. The van der Waals surface area contributed by atoms with Gasteiger partial charge in [0.15, 0.2) is 5.96 Å². The topological polar surface area (TPSA) is 828 Å². The summed E-state index contributed by atoms with van der Waals surface area (Å²) in [6.45, 7) is 20.1. The van der Waals surface area contributed by atoms with Crippen LogP contribution >= 0.6 is 11.8 Å². The van der Waals surface area contributed by atoms with Gasteiger partial charge in [-0.25, -0.2) is 0 Å². The molecule has 832 valence electrons. The summed E-state index contributed by atoms with van der Waals surface area (Å²) in [7, 11) is 0. The molecule has 1 saturated heterocycles. The number of guanidine groups is 1. The third-order valence-corrected chi connectivity index (χ3v) is 25.0. The van der Waals surface area contributed by atoms with Gasteiger partial charge in [0.05, 0.1) is 12.7 Å². The first-order valence-electron chi connectivity index (χ1n) is 50.8. The summed E-state index contributed by atoms with van der Waals surface area (Å²) in [4.78, 5) is 282. The molecule has 1 fully saturated rings. The number of likely N-dealkylation sites (tertiary alicyclic amines) is 1. The van der Waals surface area contributed by atoms with E-state index in [1.807, 2.05) is 13.8 Å². The second-order valence-corrected chi connectivity index (χ2v) is 39.6. The van der Waals surface area contributed by atoms with Crippen molar-refractivity contribution in [1.29, 1.82) is 5.41 Å². The number of rotatable bonds is 73. The van der Waals surface area contributed by atoms with Gasteiger partial charge in [-0.15, -0.1) is 0 Å². The lowest BCUT2D eigenvalue weighted by Gasteiger charge is -2.32. The van der Waals surface area contributed by atoms with Crippen LogP contribution in [0.25, 0.3) is 0 Å². The number of unbranched alkanes of at least 4 members (excludes halogenated alkanes) is 4. The Morgan fingerprint density at radius 2 is 0.755 bits per heavy atom. The Labute approximate surface area is 865 Å². The number of phenols is 1. The number of aliphatic hydroxyl groups is 2. The molecule has 1 aliphatic heterocycles. The third kappa shape index (κ3) is 49.9. The highest BCUT2D eigenvalue weighted by Gasteiger charge is 2.44. The summed E-state index contributed by atoms with van der Waals surface area (Å²) in [5, 5.41) is 86.0. The number of carbonyl (C=O) groups is 20. The van der Waals surface area contributed by atoms with Gasteiger partial charge in [-0.2, -0.15) is 11.8 Å². The SMILES string of the molecule is CC[C@H](C)[C@H](NC(=O)[C@H](CO)NC(=O)[C@H](CCCCN)NC(=O)[C@@H]1CCCN1C(=O)[C@H](CC(C)C)NC(=O)[C@H](CCCCN)NC(=O)[C@H](CCSC)NC(=O)[C@H](CCCNC(=N)N)NC(=O)[C@H](CC(C)C)NC(C)=O)C(=O)N[C@@H](C)C(=O)N[C@@H](Cc1ccc(O)cc1)C(=O)N[C@@H](CC(C)C)C(=O)N[C@@H](CCCCN)C(=O)N[C@@H](CCC(N)=O)C(=O)N[C@@H](C)C(=O)N[C@H](C(=O)N[C@@H](C)C(=O)N[C@@H](CCCCN)C(N)=O)[C@@H](C)O. The van der Waals surface area contributed by atoms with Crippen LogP contribution in [0.2, 0.25) is 0 Å². The van der Waals surface area contributed by atoms with Crippen molar-refractivity contribution in [2.45, 2.75) is 359 Å². The first-order chi connectivity index (χ1) is 69.3. The fourth-order valence-corrected chi connectivity index (χ4v) is 16.3. The van der Waals surface area contributed by atoms with E-state index in [2.05, 4.69) is 95.7 Å². The highest BCUT2D eigenvalue weighted by atomic mass is 32.2. The minimum Gasteiger partial charge on any atom is -0.508 e. The van der Waals surface area contributed by atoms with Crippen LogP contribution in [0, 0.1) is 29.1 Å². The van der Waals surface area contributed by atoms with Gasteiger partial charge in [0.25, 0.3) is 0 Å². The van der Waals surface area contributed by atoms with Crippen molar-refractivity contribution in [2.75, 3.05) is 57.9 Å². The predicted molar refractivity (Wildman–Crippen MR) is 550 cm³/mol. The number of nitrogens with one attached hydrogen (secondary N) is 19. The average Bonchev–Trinajstić information content (AvgIpc) is 1.70. The lowest BCUT2D eigenvalue weighted by Crippen LogP contribution is -2.62. The highest BCUT2D eigenvalue weighted by Crippen LogP contribution is 2.24. The zero-order valence-electron chi connectivity index (χ0n) is 87.6. The van der Waals surface area contributed by atoms with Crippen LogP contribution < -0.4 is 136 Å². The maximum Gasteiger partial charge on any atom is 0.245 e. The molecule has 0 saturated carbocycles. The van der Waals surface area contributed by atoms with Crippen molar-refractivity contribution in [3.8, 4) is 5.75 Å². The van der Waals surface area contributed by atoms with Crippen LogP contribution in [0.1, 0.15) is 243 Å². The number of hydrogen-bond donors (Lipinski definition) is 29. The molecule has 50 nitrogen and oxygen atoms in total. The first kappa shape index (κ1) is 131. The smallest absolute Gasteiger partial charge is 0.245 e. The highest BCUT2D eigenvalue weighted by molar-refractivity contribution is 7.98. The van der Waals surface area contributed by atoms with Gasteiger partial charge < -0.3 is 156 Å². The molecule has 51 heteroatoms. The number of primary amides is 2. The summed E-state index contributed by atoms with van der Waals surface area (Å²) in [6, 6.07) is -20.0. The predicted octanol–water partition coefficient (Wildman–Crippen LogP) is -5.91. The molecule has 0 aliphatic carbocycles. The number of aliphatic hydroxyl groups excluding tert-OH is 2. The maximum atomic E-state index is 15.0. The van der Waals surface area contributed by atoms with E-state index in [4.69, 9.17) is 45.5 Å². The largest absolute Gasteiger partial charge is 0.508 e. The van der Waals surface area contributed by atoms with Crippen molar-refractivity contribution in [3.63, 3.8) is 0 Å². The van der Waals surface area contributed by atoms with Crippen LogP contribution in [-0.2, 0) is 102 Å². The van der Waals surface area contributed by atoms with E-state index in [1.165, 1.54) is 68.6 Å². The number of phenolic OH excluding ortho intramolecular Hbond substituents is 1. The molecular formula is C96H169N27O23S. The zero-order valence-corrected chi connectivity index (χ0v) is 88.4. The van der Waals surface area contributed by atoms with E-state index in [0.29, 0.717) is 62.8 Å². The molecule has 1 aromatic rings. The van der Waals surface area contributed by atoms with Crippen molar-refractivity contribution >= 4 is 136 Å². The minimum atomic E-state index is -1.80. The summed E-state index contributed by atoms with van der Waals surface area (Å²) >= 11 is 1.37. The average molecular weight is 2100 g/mol. The molecule has 0 radical (unpaired) electrons. The number of amides is 20. The number of hydrogen-bond acceptors (Lipinski definition) is 29. The summed E-state index contributed by atoms with van der Waals surface area (Å²) in [5.41, 5.74) is 40.0. The second-order valence-electron chi connectivity index (χ2n) is 38.7. The van der Waals surface area contributed by atoms with Crippen molar-refractivity contribution < 1.29 is 111 Å². The molecule has 147 heavy (non-hydrogen) atoms. The molecule has 20 atom stereocenters. The van der Waals surface area contributed by atoms with Crippen LogP contribution in [0.5, 0.6) is 5.75 Å².